The van der Waals surface area contributed by atoms with E-state index in [9.17, 15) is 9.59 Å². The maximum Gasteiger partial charge on any atom is 0.243 e. The average molecular weight is 355 g/mol. The molecule has 0 aliphatic heterocycles. The highest BCUT2D eigenvalue weighted by Gasteiger charge is 2.17. The SMILES string of the molecule is CCc1nc2cc(NC(=O)CNC(=O)[C@@H](N)C(C)C)ccc2o1.Cl. The summed E-state index contributed by atoms with van der Waals surface area (Å²) in [6.07, 6.45) is 0.707. The van der Waals surface area contributed by atoms with Crippen molar-refractivity contribution in [1.29, 1.82) is 0 Å². The zero-order valence-electron chi connectivity index (χ0n) is 14.0. The van der Waals surface area contributed by atoms with Crippen LogP contribution >= 0.6 is 12.4 Å². The topological polar surface area (TPSA) is 110 Å². The normalized spacial score (nSPS) is 11.9. The van der Waals surface area contributed by atoms with E-state index in [2.05, 4.69) is 15.6 Å². The van der Waals surface area contributed by atoms with Gasteiger partial charge >= 0.3 is 0 Å². The van der Waals surface area contributed by atoms with E-state index >= 15 is 0 Å². The van der Waals surface area contributed by atoms with Crippen LogP contribution < -0.4 is 16.4 Å². The van der Waals surface area contributed by atoms with Crippen molar-refractivity contribution in [2.75, 3.05) is 11.9 Å². The zero-order chi connectivity index (χ0) is 17.0. The summed E-state index contributed by atoms with van der Waals surface area (Å²) in [7, 11) is 0. The fourth-order valence-electron chi connectivity index (χ4n) is 2.00. The van der Waals surface area contributed by atoms with Gasteiger partial charge in [-0.05, 0) is 24.1 Å². The van der Waals surface area contributed by atoms with Crippen LogP contribution in [-0.4, -0.2) is 29.4 Å². The van der Waals surface area contributed by atoms with E-state index in [1.165, 1.54) is 0 Å². The second-order valence-electron chi connectivity index (χ2n) is 5.68. The maximum atomic E-state index is 11.9. The Kier molecular flexibility index (Phi) is 7.18. The first kappa shape index (κ1) is 19.9. The number of anilines is 1. The first-order valence-corrected chi connectivity index (χ1v) is 7.63. The number of fused-ring (bicyclic) bond motifs is 1. The molecule has 1 aromatic heterocycles. The molecule has 0 saturated carbocycles. The minimum absolute atomic E-state index is 0. The van der Waals surface area contributed by atoms with Crippen LogP contribution in [-0.2, 0) is 16.0 Å². The average Bonchev–Trinajstić information content (AvgIpc) is 2.94. The number of amides is 2. The second-order valence-corrected chi connectivity index (χ2v) is 5.68. The Balaban J connectivity index is 0.00000288. The first-order valence-electron chi connectivity index (χ1n) is 7.63. The first-order chi connectivity index (χ1) is 10.9. The number of oxazole rings is 1. The lowest BCUT2D eigenvalue weighted by Crippen LogP contribution is -2.46. The summed E-state index contributed by atoms with van der Waals surface area (Å²) in [5.41, 5.74) is 7.67. The number of carbonyl (C=O) groups is 2. The van der Waals surface area contributed by atoms with Crippen LogP contribution in [0.2, 0.25) is 0 Å². The molecule has 0 saturated heterocycles. The van der Waals surface area contributed by atoms with Crippen LogP contribution in [0.1, 0.15) is 26.7 Å². The molecular weight excluding hydrogens is 332 g/mol. The van der Waals surface area contributed by atoms with Crippen molar-refractivity contribution in [3.8, 4) is 0 Å². The largest absolute Gasteiger partial charge is 0.441 e. The number of hydrogen-bond acceptors (Lipinski definition) is 5. The van der Waals surface area contributed by atoms with E-state index in [-0.39, 0.29) is 36.7 Å². The lowest BCUT2D eigenvalue weighted by atomic mass is 10.1. The van der Waals surface area contributed by atoms with Crippen LogP contribution in [0.4, 0.5) is 5.69 Å². The summed E-state index contributed by atoms with van der Waals surface area (Å²) in [5, 5.41) is 5.23. The lowest BCUT2D eigenvalue weighted by Gasteiger charge is -2.15. The van der Waals surface area contributed by atoms with Crippen molar-refractivity contribution in [1.82, 2.24) is 10.3 Å². The van der Waals surface area contributed by atoms with Gasteiger partial charge in [0.25, 0.3) is 0 Å². The highest BCUT2D eigenvalue weighted by Crippen LogP contribution is 2.20. The van der Waals surface area contributed by atoms with Gasteiger partial charge in [0, 0.05) is 12.1 Å². The molecule has 24 heavy (non-hydrogen) atoms. The van der Waals surface area contributed by atoms with Gasteiger partial charge in [-0.3, -0.25) is 9.59 Å². The maximum absolute atomic E-state index is 11.9. The number of benzene rings is 1. The Hall–Kier alpha value is -2.12. The van der Waals surface area contributed by atoms with Gasteiger partial charge in [-0.25, -0.2) is 4.98 Å². The summed E-state index contributed by atoms with van der Waals surface area (Å²) < 4.78 is 5.51. The van der Waals surface area contributed by atoms with Gasteiger partial charge in [0.15, 0.2) is 11.5 Å². The van der Waals surface area contributed by atoms with Gasteiger partial charge in [0.05, 0.1) is 12.6 Å². The molecule has 0 fully saturated rings. The van der Waals surface area contributed by atoms with Crippen molar-refractivity contribution in [3.63, 3.8) is 0 Å². The van der Waals surface area contributed by atoms with Crippen molar-refractivity contribution < 1.29 is 14.0 Å². The minimum Gasteiger partial charge on any atom is -0.441 e. The van der Waals surface area contributed by atoms with Crippen LogP contribution in [0.25, 0.3) is 11.1 Å². The zero-order valence-corrected chi connectivity index (χ0v) is 14.8. The third-order valence-electron chi connectivity index (χ3n) is 3.46. The predicted molar refractivity (Wildman–Crippen MR) is 95.1 cm³/mol. The number of carbonyl (C=O) groups excluding carboxylic acids is 2. The molecule has 1 heterocycles. The Labute approximate surface area is 146 Å². The molecule has 0 bridgehead atoms. The van der Waals surface area contributed by atoms with Crippen molar-refractivity contribution >= 4 is 41.0 Å². The fourth-order valence-corrected chi connectivity index (χ4v) is 2.00. The van der Waals surface area contributed by atoms with E-state index in [1.54, 1.807) is 18.2 Å². The van der Waals surface area contributed by atoms with E-state index < -0.39 is 6.04 Å². The smallest absolute Gasteiger partial charge is 0.243 e. The molecule has 1 atom stereocenters. The molecule has 2 aromatic rings. The molecule has 7 nitrogen and oxygen atoms in total. The highest BCUT2D eigenvalue weighted by molar-refractivity contribution is 5.96. The van der Waals surface area contributed by atoms with E-state index in [0.29, 0.717) is 29.1 Å². The number of nitrogens with two attached hydrogens (primary N) is 1. The molecule has 8 heteroatoms. The third kappa shape index (κ3) is 4.94. The van der Waals surface area contributed by atoms with Crippen LogP contribution in [0.15, 0.2) is 22.6 Å². The van der Waals surface area contributed by atoms with Crippen LogP contribution in [0.5, 0.6) is 0 Å². The molecule has 132 valence electrons. The Morgan fingerprint density at radius 3 is 2.67 bits per heavy atom. The Morgan fingerprint density at radius 2 is 2.04 bits per heavy atom. The summed E-state index contributed by atoms with van der Waals surface area (Å²) in [4.78, 5) is 27.9. The summed E-state index contributed by atoms with van der Waals surface area (Å²) in [6.45, 7) is 5.53. The van der Waals surface area contributed by atoms with Crippen molar-refractivity contribution in [2.24, 2.45) is 11.7 Å². The quantitative estimate of drug-likeness (QED) is 0.733. The molecule has 2 amide bonds. The molecule has 1 aromatic carbocycles. The fraction of sp³-hybridized carbons (Fsp3) is 0.438. The molecule has 0 spiro atoms. The summed E-state index contributed by atoms with van der Waals surface area (Å²) in [5.74, 6) is 0.00126. The highest BCUT2D eigenvalue weighted by atomic mass is 35.5. The van der Waals surface area contributed by atoms with Crippen molar-refractivity contribution in [2.45, 2.75) is 33.2 Å². The van der Waals surface area contributed by atoms with Gasteiger partial charge in [-0.15, -0.1) is 12.4 Å². The van der Waals surface area contributed by atoms with Gasteiger partial charge in [0.2, 0.25) is 11.8 Å². The molecule has 0 aliphatic carbocycles. The Bertz CT molecular complexity index is 714. The monoisotopic (exact) mass is 354 g/mol. The van der Waals surface area contributed by atoms with Crippen LogP contribution in [0.3, 0.4) is 0 Å². The molecular formula is C16H23ClN4O3. The number of aromatic nitrogens is 1. The van der Waals surface area contributed by atoms with Gasteiger partial charge in [0.1, 0.15) is 5.52 Å². The molecule has 0 aliphatic rings. The summed E-state index contributed by atoms with van der Waals surface area (Å²) in [6, 6.07) is 4.59. The molecule has 0 unspecified atom stereocenters. The van der Waals surface area contributed by atoms with Crippen LogP contribution in [0, 0.1) is 5.92 Å². The van der Waals surface area contributed by atoms with E-state index in [4.69, 9.17) is 10.2 Å². The number of hydrogen-bond donors (Lipinski definition) is 3. The third-order valence-corrected chi connectivity index (χ3v) is 3.46. The second kappa shape index (κ2) is 8.65. The van der Waals surface area contributed by atoms with Gasteiger partial charge in [-0.1, -0.05) is 20.8 Å². The lowest BCUT2D eigenvalue weighted by molar-refractivity contribution is -0.125. The number of aryl methyl sites for hydroxylation is 1. The molecule has 2 rings (SSSR count). The van der Waals surface area contributed by atoms with Crippen molar-refractivity contribution in [3.05, 3.63) is 24.1 Å². The number of nitrogens with zero attached hydrogens (tertiary/aromatic N) is 1. The number of rotatable bonds is 6. The summed E-state index contributed by atoms with van der Waals surface area (Å²) >= 11 is 0. The number of nitrogens with one attached hydrogen (secondary N) is 2. The minimum atomic E-state index is -0.623. The van der Waals surface area contributed by atoms with Gasteiger partial charge in [-0.2, -0.15) is 0 Å². The number of halogens is 1. The van der Waals surface area contributed by atoms with E-state index in [1.807, 2.05) is 20.8 Å². The molecule has 4 N–H and O–H groups in total. The van der Waals surface area contributed by atoms with Gasteiger partial charge < -0.3 is 20.8 Å². The predicted octanol–water partition coefficient (Wildman–Crippen LogP) is 1.85. The molecule has 0 radical (unpaired) electrons. The standard InChI is InChI=1S/C16H22N4O3.ClH/c1-4-14-20-11-7-10(5-6-12(11)23-14)19-13(21)8-18-16(22)15(17)9(2)3;/h5-7,9,15H,4,8,17H2,1-3H3,(H,18,22)(H,19,21);1H/t15-;/m0./s1. The van der Waals surface area contributed by atoms with E-state index in [0.717, 1.165) is 0 Å². The Morgan fingerprint density at radius 1 is 1.33 bits per heavy atom.